The van der Waals surface area contributed by atoms with Crippen molar-refractivity contribution in [2.24, 2.45) is 0 Å². The van der Waals surface area contributed by atoms with Crippen molar-refractivity contribution >= 4 is 12.3 Å². The number of carbonyl (C=O) groups excluding carboxylic acids is 2. The topological polar surface area (TPSA) is 52.6 Å². The summed E-state index contributed by atoms with van der Waals surface area (Å²) in [5.41, 5.74) is 1.89. The Morgan fingerprint density at radius 1 is 1.20 bits per heavy atom. The number of esters is 1. The largest absolute Gasteiger partial charge is 0.460 e. The standard InChI is InChI=1S/C21H22O4/c1-21(2,3)25-19(23)12-16-11-14-7-6-8-15(13-22)20(14)24-18-10-5-4-9-17(16)18/h4-10,13,16H,11-12H2,1-3H3. The van der Waals surface area contributed by atoms with Gasteiger partial charge in [-0.2, -0.15) is 0 Å². The number of ether oxygens (including phenoxy) is 2. The zero-order valence-corrected chi connectivity index (χ0v) is 14.7. The van der Waals surface area contributed by atoms with E-state index in [9.17, 15) is 9.59 Å². The molecule has 0 amide bonds. The first-order chi connectivity index (χ1) is 11.9. The number of rotatable bonds is 3. The molecule has 0 saturated heterocycles. The molecule has 1 aliphatic heterocycles. The van der Waals surface area contributed by atoms with Crippen LogP contribution in [0.5, 0.6) is 11.5 Å². The van der Waals surface area contributed by atoms with Gasteiger partial charge in [0.05, 0.1) is 12.0 Å². The van der Waals surface area contributed by atoms with Crippen molar-refractivity contribution in [1.29, 1.82) is 0 Å². The lowest BCUT2D eigenvalue weighted by Crippen LogP contribution is -2.25. The maximum atomic E-state index is 12.4. The summed E-state index contributed by atoms with van der Waals surface area (Å²) in [5, 5.41) is 0. The van der Waals surface area contributed by atoms with Crippen molar-refractivity contribution in [2.75, 3.05) is 0 Å². The second-order valence-electron chi connectivity index (χ2n) is 7.28. The lowest BCUT2D eigenvalue weighted by Gasteiger charge is -2.22. The lowest BCUT2D eigenvalue weighted by molar-refractivity contribution is -0.155. The number of fused-ring (bicyclic) bond motifs is 2. The van der Waals surface area contributed by atoms with Crippen molar-refractivity contribution in [3.8, 4) is 11.5 Å². The average molecular weight is 338 g/mol. The molecule has 0 aromatic heterocycles. The van der Waals surface area contributed by atoms with Crippen LogP contribution in [-0.2, 0) is 16.0 Å². The Hall–Kier alpha value is -2.62. The van der Waals surface area contributed by atoms with Crippen LogP contribution in [-0.4, -0.2) is 17.9 Å². The molecule has 130 valence electrons. The fraction of sp³-hybridized carbons (Fsp3) is 0.333. The van der Waals surface area contributed by atoms with Gasteiger partial charge in [-0.3, -0.25) is 9.59 Å². The smallest absolute Gasteiger partial charge is 0.306 e. The van der Waals surface area contributed by atoms with Gasteiger partial charge in [-0.1, -0.05) is 30.3 Å². The highest BCUT2D eigenvalue weighted by atomic mass is 16.6. The van der Waals surface area contributed by atoms with Crippen LogP contribution >= 0.6 is 0 Å². The van der Waals surface area contributed by atoms with Crippen LogP contribution in [0.3, 0.4) is 0 Å². The summed E-state index contributed by atoms with van der Waals surface area (Å²) in [5.74, 6) is 0.970. The molecule has 4 heteroatoms. The Morgan fingerprint density at radius 2 is 1.96 bits per heavy atom. The average Bonchev–Trinajstić information content (AvgIpc) is 2.69. The van der Waals surface area contributed by atoms with Gasteiger partial charge in [-0.25, -0.2) is 0 Å². The molecule has 0 aliphatic carbocycles. The number of aldehydes is 1. The molecule has 25 heavy (non-hydrogen) atoms. The molecule has 1 atom stereocenters. The highest BCUT2D eigenvalue weighted by molar-refractivity contribution is 5.81. The zero-order chi connectivity index (χ0) is 18.0. The highest BCUT2D eigenvalue weighted by Crippen LogP contribution is 2.42. The van der Waals surface area contributed by atoms with Gasteiger partial charge in [0.25, 0.3) is 0 Å². The zero-order valence-electron chi connectivity index (χ0n) is 14.7. The predicted molar refractivity (Wildman–Crippen MR) is 95.3 cm³/mol. The summed E-state index contributed by atoms with van der Waals surface area (Å²) in [6, 6.07) is 13.2. The Bertz CT molecular complexity index is 802. The third kappa shape index (κ3) is 3.90. The molecule has 2 aromatic carbocycles. The summed E-state index contributed by atoms with van der Waals surface area (Å²) in [6.07, 6.45) is 1.69. The van der Waals surface area contributed by atoms with Gasteiger partial charge < -0.3 is 9.47 Å². The van der Waals surface area contributed by atoms with E-state index in [-0.39, 0.29) is 18.3 Å². The van der Waals surface area contributed by atoms with Gasteiger partial charge in [0.1, 0.15) is 17.1 Å². The van der Waals surface area contributed by atoms with Crippen LogP contribution in [0, 0.1) is 0 Å². The van der Waals surface area contributed by atoms with Crippen molar-refractivity contribution in [3.63, 3.8) is 0 Å². The van der Waals surface area contributed by atoms with Crippen LogP contribution < -0.4 is 4.74 Å². The van der Waals surface area contributed by atoms with Crippen LogP contribution in [0.25, 0.3) is 0 Å². The minimum atomic E-state index is -0.513. The number of carbonyl (C=O) groups is 2. The Labute approximate surface area is 147 Å². The van der Waals surface area contributed by atoms with E-state index < -0.39 is 5.60 Å². The van der Waals surface area contributed by atoms with E-state index >= 15 is 0 Å². The Balaban J connectivity index is 1.98. The first kappa shape index (κ1) is 17.2. The van der Waals surface area contributed by atoms with Crippen LogP contribution in [0.15, 0.2) is 42.5 Å². The monoisotopic (exact) mass is 338 g/mol. The van der Waals surface area contributed by atoms with Crippen molar-refractivity contribution in [2.45, 2.75) is 45.1 Å². The maximum absolute atomic E-state index is 12.4. The molecule has 1 unspecified atom stereocenters. The van der Waals surface area contributed by atoms with Gasteiger partial charge in [0.2, 0.25) is 0 Å². The van der Waals surface area contributed by atoms with Crippen LogP contribution in [0.1, 0.15) is 54.6 Å². The third-order valence-corrected chi connectivity index (χ3v) is 4.12. The fourth-order valence-corrected chi connectivity index (χ4v) is 3.15. The summed E-state index contributed by atoms with van der Waals surface area (Å²) in [6.45, 7) is 5.59. The van der Waals surface area contributed by atoms with Gasteiger partial charge in [0.15, 0.2) is 6.29 Å². The molecule has 1 aliphatic rings. The van der Waals surface area contributed by atoms with Crippen LogP contribution in [0.2, 0.25) is 0 Å². The molecule has 1 heterocycles. The number of hydrogen-bond acceptors (Lipinski definition) is 4. The minimum Gasteiger partial charge on any atom is -0.460 e. The van der Waals surface area contributed by atoms with Crippen molar-refractivity contribution in [3.05, 3.63) is 59.2 Å². The van der Waals surface area contributed by atoms with Gasteiger partial charge >= 0.3 is 5.97 Å². The molecule has 4 nitrogen and oxygen atoms in total. The summed E-state index contributed by atoms with van der Waals surface area (Å²) < 4.78 is 11.5. The molecule has 3 rings (SSSR count). The fourth-order valence-electron chi connectivity index (χ4n) is 3.15. The molecule has 0 radical (unpaired) electrons. The third-order valence-electron chi connectivity index (χ3n) is 4.12. The van der Waals surface area contributed by atoms with Gasteiger partial charge in [-0.05, 0) is 50.5 Å². The SMILES string of the molecule is CC(C)(C)OC(=O)CC1Cc2cccc(C=O)c2Oc2ccccc21. The molecule has 0 fully saturated rings. The van der Waals surface area contributed by atoms with Crippen LogP contribution in [0.4, 0.5) is 0 Å². The second kappa shape index (κ2) is 6.71. The van der Waals surface area contributed by atoms with Crippen molar-refractivity contribution < 1.29 is 19.1 Å². The summed E-state index contributed by atoms with van der Waals surface area (Å²) in [7, 11) is 0. The maximum Gasteiger partial charge on any atom is 0.306 e. The van der Waals surface area contributed by atoms with E-state index in [1.54, 1.807) is 6.07 Å². The number of hydrogen-bond donors (Lipinski definition) is 0. The van der Waals surface area contributed by atoms with E-state index in [0.717, 1.165) is 17.4 Å². The molecule has 2 aromatic rings. The minimum absolute atomic E-state index is 0.0609. The number of para-hydroxylation sites is 2. The van der Waals surface area contributed by atoms with Gasteiger partial charge in [0, 0.05) is 5.92 Å². The van der Waals surface area contributed by atoms with Gasteiger partial charge in [-0.15, -0.1) is 0 Å². The summed E-state index contributed by atoms with van der Waals surface area (Å²) in [4.78, 5) is 23.7. The molecule has 0 bridgehead atoms. The molecule has 0 saturated carbocycles. The normalized spacial score (nSPS) is 16.0. The van der Waals surface area contributed by atoms with E-state index in [4.69, 9.17) is 9.47 Å². The Morgan fingerprint density at radius 3 is 2.68 bits per heavy atom. The summed E-state index contributed by atoms with van der Waals surface area (Å²) >= 11 is 0. The molecule has 0 spiro atoms. The van der Waals surface area contributed by atoms with E-state index in [1.807, 2.05) is 57.2 Å². The first-order valence-corrected chi connectivity index (χ1v) is 8.43. The molecular weight excluding hydrogens is 316 g/mol. The van der Waals surface area contributed by atoms with E-state index in [2.05, 4.69) is 0 Å². The number of benzene rings is 2. The van der Waals surface area contributed by atoms with Crippen molar-refractivity contribution in [1.82, 2.24) is 0 Å². The lowest BCUT2D eigenvalue weighted by atomic mass is 9.89. The predicted octanol–water partition coefficient (Wildman–Crippen LogP) is 4.66. The Kier molecular flexibility index (Phi) is 4.62. The highest BCUT2D eigenvalue weighted by Gasteiger charge is 2.28. The van der Waals surface area contributed by atoms with E-state index in [1.165, 1.54) is 0 Å². The molecule has 0 N–H and O–H groups in total. The first-order valence-electron chi connectivity index (χ1n) is 8.43. The molecular formula is C21H22O4. The van der Waals surface area contributed by atoms with E-state index in [0.29, 0.717) is 23.5 Å². The quantitative estimate of drug-likeness (QED) is 0.603. The second-order valence-corrected chi connectivity index (χ2v) is 7.28.